The quantitative estimate of drug-likeness (QED) is 0.653. The fourth-order valence-corrected chi connectivity index (χ4v) is 3.74. The molecule has 0 spiro atoms. The minimum Gasteiger partial charge on any atom is -0.443 e. The maximum absolute atomic E-state index is 13.1. The van der Waals surface area contributed by atoms with Crippen LogP contribution in [0.1, 0.15) is 85.3 Å². The van der Waals surface area contributed by atoms with Crippen molar-refractivity contribution in [2.45, 2.75) is 91.3 Å². The average Bonchev–Trinajstić information content (AvgIpc) is 2.61. The van der Waals surface area contributed by atoms with Crippen LogP contribution < -0.4 is 4.90 Å². The molecule has 1 aromatic heterocycles. The highest BCUT2D eigenvalue weighted by Crippen LogP contribution is 2.36. The van der Waals surface area contributed by atoms with Crippen LogP contribution >= 0.6 is 0 Å². The Hall–Kier alpha value is -1.62. The number of carbonyl (C=O) groups excluding carboxylic acids is 1. The molecule has 0 aliphatic carbocycles. The fraction of sp³-hybridized carbons (Fsp3) is 0.727. The summed E-state index contributed by atoms with van der Waals surface area (Å²) in [4.78, 5) is 22.0. The molecule has 1 saturated heterocycles. The number of rotatable bonds is 6. The summed E-state index contributed by atoms with van der Waals surface area (Å²) in [7, 11) is 0. The van der Waals surface area contributed by atoms with Crippen LogP contribution in [0.4, 0.5) is 10.6 Å². The number of anilines is 1. The molecule has 1 aromatic rings. The lowest BCUT2D eigenvalue weighted by atomic mass is 9.94. The number of ether oxygens (including phenoxy) is 1. The van der Waals surface area contributed by atoms with Crippen LogP contribution in [0.15, 0.2) is 18.3 Å². The molecule has 5 nitrogen and oxygen atoms in total. The predicted octanol–water partition coefficient (Wildman–Crippen LogP) is 5.56. The number of hydrogen-bond acceptors (Lipinski definition) is 4. The molecular formula is C22H37N3O2. The molecule has 0 bridgehead atoms. The van der Waals surface area contributed by atoms with Gasteiger partial charge in [0.15, 0.2) is 0 Å². The van der Waals surface area contributed by atoms with E-state index in [1.807, 2.05) is 26.8 Å². The summed E-state index contributed by atoms with van der Waals surface area (Å²) in [6.07, 6.45) is 7.02. The zero-order valence-corrected chi connectivity index (χ0v) is 18.0. The summed E-state index contributed by atoms with van der Waals surface area (Å²) in [5.74, 6) is 0.758. The SMILES string of the molecule is CCCN1CCCC[C@H]1c1cccnc1N(C(=O)OC(C)(C)C)[C@@H](C)CC. The molecule has 1 fully saturated rings. The number of carbonyl (C=O) groups is 1. The number of amides is 1. The van der Waals surface area contributed by atoms with E-state index < -0.39 is 5.60 Å². The van der Waals surface area contributed by atoms with Crippen LogP contribution in [0.5, 0.6) is 0 Å². The largest absolute Gasteiger partial charge is 0.443 e. The second-order valence-electron chi connectivity index (χ2n) is 8.57. The van der Waals surface area contributed by atoms with Crippen LogP contribution in [0.25, 0.3) is 0 Å². The maximum atomic E-state index is 13.1. The van der Waals surface area contributed by atoms with E-state index >= 15 is 0 Å². The van der Waals surface area contributed by atoms with E-state index in [0.29, 0.717) is 6.04 Å². The van der Waals surface area contributed by atoms with Gasteiger partial charge in [0.2, 0.25) is 0 Å². The number of aromatic nitrogens is 1. The molecule has 152 valence electrons. The molecule has 0 radical (unpaired) electrons. The number of pyridine rings is 1. The topological polar surface area (TPSA) is 45.7 Å². The minimum absolute atomic E-state index is 0.0247. The van der Waals surface area contributed by atoms with Gasteiger partial charge < -0.3 is 4.74 Å². The summed E-state index contributed by atoms with van der Waals surface area (Å²) >= 11 is 0. The monoisotopic (exact) mass is 375 g/mol. The van der Waals surface area contributed by atoms with E-state index in [-0.39, 0.29) is 12.1 Å². The first-order valence-corrected chi connectivity index (χ1v) is 10.5. The van der Waals surface area contributed by atoms with Gasteiger partial charge in [0.05, 0.1) is 0 Å². The normalized spacial score (nSPS) is 19.6. The van der Waals surface area contributed by atoms with Gasteiger partial charge in [0.25, 0.3) is 0 Å². The molecule has 0 saturated carbocycles. The van der Waals surface area contributed by atoms with Crippen molar-refractivity contribution in [2.75, 3.05) is 18.0 Å². The highest BCUT2D eigenvalue weighted by Gasteiger charge is 2.33. The van der Waals surface area contributed by atoms with Gasteiger partial charge >= 0.3 is 6.09 Å². The van der Waals surface area contributed by atoms with E-state index in [1.54, 1.807) is 11.1 Å². The second-order valence-corrected chi connectivity index (χ2v) is 8.57. The zero-order valence-electron chi connectivity index (χ0n) is 18.0. The standard InChI is InChI=1S/C22H37N3O2/c1-7-15-24-16-10-9-13-19(24)18-12-11-14-23-20(18)25(17(3)8-2)21(26)27-22(4,5)6/h11-12,14,17,19H,7-10,13,15-16H2,1-6H3/t17-,19-/m0/s1. The third-order valence-electron chi connectivity index (χ3n) is 5.15. The number of piperidine rings is 1. The van der Waals surface area contributed by atoms with Crippen molar-refractivity contribution in [1.29, 1.82) is 0 Å². The van der Waals surface area contributed by atoms with Crippen molar-refractivity contribution in [3.05, 3.63) is 23.9 Å². The maximum Gasteiger partial charge on any atom is 0.416 e. The first kappa shape index (κ1) is 21.7. The summed E-state index contributed by atoms with van der Waals surface area (Å²) < 4.78 is 5.73. The van der Waals surface area contributed by atoms with Crippen molar-refractivity contribution in [2.24, 2.45) is 0 Å². The Morgan fingerprint density at radius 1 is 1.37 bits per heavy atom. The lowest BCUT2D eigenvalue weighted by Crippen LogP contribution is -2.44. The molecule has 0 unspecified atom stereocenters. The van der Waals surface area contributed by atoms with Crippen molar-refractivity contribution in [3.63, 3.8) is 0 Å². The van der Waals surface area contributed by atoms with Crippen LogP contribution in [0.2, 0.25) is 0 Å². The summed E-state index contributed by atoms with van der Waals surface area (Å²) in [5, 5.41) is 0. The zero-order chi connectivity index (χ0) is 20.0. The number of hydrogen-bond donors (Lipinski definition) is 0. The Morgan fingerprint density at radius 2 is 2.11 bits per heavy atom. The van der Waals surface area contributed by atoms with E-state index in [0.717, 1.165) is 43.7 Å². The first-order chi connectivity index (χ1) is 12.8. The third kappa shape index (κ3) is 5.68. The fourth-order valence-electron chi connectivity index (χ4n) is 3.74. The van der Waals surface area contributed by atoms with Gasteiger partial charge in [-0.05, 0) is 72.5 Å². The van der Waals surface area contributed by atoms with E-state index in [4.69, 9.17) is 4.74 Å². The van der Waals surface area contributed by atoms with Gasteiger partial charge in [-0.1, -0.05) is 26.3 Å². The van der Waals surface area contributed by atoms with Gasteiger partial charge in [0.1, 0.15) is 11.4 Å². The van der Waals surface area contributed by atoms with Gasteiger partial charge in [-0.15, -0.1) is 0 Å². The molecule has 0 N–H and O–H groups in total. The van der Waals surface area contributed by atoms with Crippen LogP contribution in [0.3, 0.4) is 0 Å². The average molecular weight is 376 g/mol. The summed E-state index contributed by atoms with van der Waals surface area (Å²) in [5.41, 5.74) is 0.619. The Balaban J connectivity index is 2.43. The van der Waals surface area contributed by atoms with E-state index in [9.17, 15) is 4.79 Å². The minimum atomic E-state index is -0.531. The molecular weight excluding hydrogens is 338 g/mol. The molecule has 1 aliphatic rings. The van der Waals surface area contributed by atoms with Crippen molar-refractivity contribution >= 4 is 11.9 Å². The lowest BCUT2D eigenvalue weighted by Gasteiger charge is -2.38. The Labute approximate surface area is 165 Å². The van der Waals surface area contributed by atoms with Crippen LogP contribution in [-0.2, 0) is 4.74 Å². The Bertz CT molecular complexity index is 610. The molecule has 27 heavy (non-hydrogen) atoms. The molecule has 2 heterocycles. The summed E-state index contributed by atoms with van der Waals surface area (Å²) in [6.45, 7) is 14.3. The highest BCUT2D eigenvalue weighted by molar-refractivity contribution is 5.88. The molecule has 2 rings (SSSR count). The van der Waals surface area contributed by atoms with Gasteiger partial charge in [-0.2, -0.15) is 0 Å². The first-order valence-electron chi connectivity index (χ1n) is 10.5. The van der Waals surface area contributed by atoms with Crippen LogP contribution in [0, 0.1) is 0 Å². The lowest BCUT2D eigenvalue weighted by molar-refractivity contribution is 0.0564. The van der Waals surface area contributed by atoms with E-state index in [1.165, 1.54) is 12.8 Å². The molecule has 1 amide bonds. The van der Waals surface area contributed by atoms with Gasteiger partial charge in [0, 0.05) is 23.8 Å². The third-order valence-corrected chi connectivity index (χ3v) is 5.15. The molecule has 1 aliphatic heterocycles. The van der Waals surface area contributed by atoms with Crippen LogP contribution in [-0.4, -0.2) is 40.7 Å². The predicted molar refractivity (Wildman–Crippen MR) is 111 cm³/mol. The smallest absolute Gasteiger partial charge is 0.416 e. The van der Waals surface area contributed by atoms with Crippen molar-refractivity contribution in [1.82, 2.24) is 9.88 Å². The van der Waals surface area contributed by atoms with Gasteiger partial charge in [-0.25, -0.2) is 9.78 Å². The molecule has 0 aromatic carbocycles. The highest BCUT2D eigenvalue weighted by atomic mass is 16.6. The van der Waals surface area contributed by atoms with Gasteiger partial charge in [-0.3, -0.25) is 9.80 Å². The molecule has 2 atom stereocenters. The Kier molecular flexibility index (Phi) is 7.66. The van der Waals surface area contributed by atoms with Crippen molar-refractivity contribution < 1.29 is 9.53 Å². The Morgan fingerprint density at radius 3 is 2.74 bits per heavy atom. The molecule has 5 heteroatoms. The van der Waals surface area contributed by atoms with Crippen molar-refractivity contribution in [3.8, 4) is 0 Å². The number of likely N-dealkylation sites (tertiary alicyclic amines) is 1. The van der Waals surface area contributed by atoms with E-state index in [2.05, 4.69) is 36.7 Å². The number of nitrogens with zero attached hydrogens (tertiary/aromatic N) is 3. The summed E-state index contributed by atoms with van der Waals surface area (Å²) in [6, 6.07) is 4.47. The second kappa shape index (κ2) is 9.54.